The lowest BCUT2D eigenvalue weighted by Gasteiger charge is -2.03. The van der Waals surface area contributed by atoms with Gasteiger partial charge in [-0.25, -0.2) is 0 Å². The zero-order chi connectivity index (χ0) is 14.1. The summed E-state index contributed by atoms with van der Waals surface area (Å²) in [5, 5.41) is 0. The second-order valence-electron chi connectivity index (χ2n) is 4.47. The van der Waals surface area contributed by atoms with E-state index in [9.17, 15) is 4.79 Å². The Hall–Kier alpha value is -2.03. The van der Waals surface area contributed by atoms with E-state index in [0.29, 0.717) is 5.56 Å². The molecule has 1 nitrogen and oxygen atoms in total. The average molecular weight is 252 g/mol. The van der Waals surface area contributed by atoms with Gasteiger partial charge in [0.15, 0.2) is 5.78 Å². The number of allylic oxidation sites excluding steroid dienone is 1. The summed E-state index contributed by atoms with van der Waals surface area (Å²) in [7, 11) is 0. The molecule has 0 unspecified atom stereocenters. The zero-order valence-corrected chi connectivity index (χ0v) is 11.8. The lowest BCUT2D eigenvalue weighted by atomic mass is 9.99. The molecular formula is C18H20O. The minimum Gasteiger partial charge on any atom is -0.289 e. The van der Waals surface area contributed by atoms with Crippen LogP contribution in [0.2, 0.25) is 0 Å². The summed E-state index contributed by atoms with van der Waals surface area (Å²) in [6.07, 6.45) is 5.75. The summed E-state index contributed by atoms with van der Waals surface area (Å²) in [4.78, 5) is 11.9. The number of carbonyl (C=O) groups excluding carboxylic acids is 1. The van der Waals surface area contributed by atoms with Crippen LogP contribution < -0.4 is 0 Å². The van der Waals surface area contributed by atoms with E-state index in [-0.39, 0.29) is 5.78 Å². The molecule has 1 heteroatoms. The smallest absolute Gasteiger partial charge is 0.194 e. The zero-order valence-electron chi connectivity index (χ0n) is 11.8. The summed E-state index contributed by atoms with van der Waals surface area (Å²) in [5.74, 6) is 6.22. The average Bonchev–Trinajstić information content (AvgIpc) is 2.40. The maximum Gasteiger partial charge on any atom is 0.194 e. The van der Waals surface area contributed by atoms with Crippen LogP contribution in [0.25, 0.3) is 0 Å². The molecule has 0 aromatic heterocycles. The van der Waals surface area contributed by atoms with Crippen molar-refractivity contribution in [2.45, 2.75) is 39.5 Å². The van der Waals surface area contributed by atoms with Crippen LogP contribution in [0, 0.1) is 18.8 Å². The molecule has 0 spiro atoms. The minimum absolute atomic E-state index is 0.0865. The molecule has 19 heavy (non-hydrogen) atoms. The Balaban J connectivity index is 2.98. The van der Waals surface area contributed by atoms with Crippen molar-refractivity contribution < 1.29 is 4.79 Å². The monoisotopic (exact) mass is 252 g/mol. The van der Waals surface area contributed by atoms with E-state index in [1.54, 1.807) is 6.07 Å². The third kappa shape index (κ3) is 4.62. The molecule has 0 aliphatic heterocycles. The van der Waals surface area contributed by atoms with Gasteiger partial charge in [-0.05, 0) is 25.0 Å². The van der Waals surface area contributed by atoms with E-state index in [1.807, 2.05) is 19.1 Å². The number of hydrogen-bond acceptors (Lipinski definition) is 1. The van der Waals surface area contributed by atoms with Gasteiger partial charge in [-0.15, -0.1) is 5.73 Å². The van der Waals surface area contributed by atoms with Gasteiger partial charge < -0.3 is 0 Å². The van der Waals surface area contributed by atoms with Gasteiger partial charge in [-0.1, -0.05) is 50.3 Å². The van der Waals surface area contributed by atoms with Gasteiger partial charge in [-0.3, -0.25) is 4.79 Å². The van der Waals surface area contributed by atoms with Crippen LogP contribution in [0.15, 0.2) is 36.6 Å². The van der Waals surface area contributed by atoms with Crippen LogP contribution in [-0.2, 0) is 0 Å². The second-order valence-corrected chi connectivity index (χ2v) is 4.47. The highest BCUT2D eigenvalue weighted by molar-refractivity contribution is 6.06. The lowest BCUT2D eigenvalue weighted by Crippen LogP contribution is -1.99. The maximum atomic E-state index is 11.9. The van der Waals surface area contributed by atoms with Crippen molar-refractivity contribution in [1.29, 1.82) is 0 Å². The van der Waals surface area contributed by atoms with Gasteiger partial charge in [-0.2, -0.15) is 0 Å². The number of ketones is 1. The highest BCUT2D eigenvalue weighted by Gasteiger charge is 2.08. The molecule has 0 aliphatic carbocycles. The Kier molecular flexibility index (Phi) is 6.44. The molecule has 0 radical (unpaired) electrons. The van der Waals surface area contributed by atoms with Crippen molar-refractivity contribution in [2.75, 3.05) is 0 Å². The van der Waals surface area contributed by atoms with Crippen LogP contribution in [-0.4, -0.2) is 5.78 Å². The Morgan fingerprint density at radius 2 is 2.16 bits per heavy atom. The van der Waals surface area contributed by atoms with E-state index in [2.05, 4.69) is 31.1 Å². The van der Waals surface area contributed by atoms with Crippen LogP contribution >= 0.6 is 0 Å². The number of benzene rings is 1. The number of rotatable bonds is 5. The van der Waals surface area contributed by atoms with Crippen molar-refractivity contribution in [3.05, 3.63) is 53.3 Å². The van der Waals surface area contributed by atoms with E-state index < -0.39 is 0 Å². The quantitative estimate of drug-likeness (QED) is 0.249. The van der Waals surface area contributed by atoms with Gasteiger partial charge in [0, 0.05) is 23.6 Å². The third-order valence-electron chi connectivity index (χ3n) is 2.89. The van der Waals surface area contributed by atoms with E-state index in [4.69, 9.17) is 0 Å². The number of unbranched alkanes of at least 4 members (excludes halogenated alkanes) is 3. The molecule has 0 saturated carbocycles. The molecule has 98 valence electrons. The molecule has 1 aromatic rings. The van der Waals surface area contributed by atoms with Crippen molar-refractivity contribution in [3.63, 3.8) is 0 Å². The van der Waals surface area contributed by atoms with E-state index in [1.165, 1.54) is 18.9 Å². The number of carbonyl (C=O) groups is 1. The molecule has 0 fully saturated rings. The Morgan fingerprint density at radius 1 is 1.37 bits per heavy atom. The van der Waals surface area contributed by atoms with Crippen molar-refractivity contribution in [2.24, 2.45) is 0 Å². The standard InChI is InChI=1S/C18H20O/c1-4-6-7-8-9-13-16-15(3)12-10-14-17(16)18(19)11-5-2/h10-12,14H,2,4,6-8H2,1,3H3. The Bertz CT molecular complexity index is 549. The summed E-state index contributed by atoms with van der Waals surface area (Å²) >= 11 is 0. The first-order valence-corrected chi connectivity index (χ1v) is 6.69. The van der Waals surface area contributed by atoms with Crippen molar-refractivity contribution in [3.8, 4) is 11.8 Å². The van der Waals surface area contributed by atoms with E-state index in [0.717, 1.165) is 24.0 Å². The van der Waals surface area contributed by atoms with Gasteiger partial charge in [0.05, 0.1) is 0 Å². The molecule has 0 bridgehead atoms. The summed E-state index contributed by atoms with van der Waals surface area (Å²) < 4.78 is 0. The Labute approximate surface area is 116 Å². The van der Waals surface area contributed by atoms with Gasteiger partial charge in [0.1, 0.15) is 0 Å². The normalized spacial score (nSPS) is 9.16. The molecular weight excluding hydrogens is 232 g/mol. The number of hydrogen-bond donors (Lipinski definition) is 0. The predicted octanol–water partition coefficient (Wildman–Crippen LogP) is 4.45. The maximum absolute atomic E-state index is 11.9. The van der Waals surface area contributed by atoms with Crippen molar-refractivity contribution in [1.82, 2.24) is 0 Å². The van der Waals surface area contributed by atoms with Crippen LogP contribution in [0.3, 0.4) is 0 Å². The summed E-state index contributed by atoms with van der Waals surface area (Å²) in [6.45, 7) is 7.59. The largest absolute Gasteiger partial charge is 0.289 e. The highest BCUT2D eigenvalue weighted by atomic mass is 16.1. The second kappa shape index (κ2) is 8.14. The summed E-state index contributed by atoms with van der Waals surface area (Å²) in [5.41, 5.74) is 5.02. The fourth-order valence-corrected chi connectivity index (χ4v) is 1.82. The van der Waals surface area contributed by atoms with Gasteiger partial charge in [0.2, 0.25) is 0 Å². The molecule has 0 aliphatic rings. The SMILES string of the molecule is C=C=CC(=O)c1cccc(C)c1C#CCCCCC. The first-order chi connectivity index (χ1) is 9.20. The third-order valence-corrected chi connectivity index (χ3v) is 2.89. The van der Waals surface area contributed by atoms with Crippen LogP contribution in [0.5, 0.6) is 0 Å². The number of aryl methyl sites for hydroxylation is 1. The van der Waals surface area contributed by atoms with Crippen molar-refractivity contribution >= 4 is 5.78 Å². The van der Waals surface area contributed by atoms with E-state index >= 15 is 0 Å². The topological polar surface area (TPSA) is 17.1 Å². The fourth-order valence-electron chi connectivity index (χ4n) is 1.82. The van der Waals surface area contributed by atoms with Gasteiger partial charge >= 0.3 is 0 Å². The molecule has 0 atom stereocenters. The van der Waals surface area contributed by atoms with Crippen LogP contribution in [0.1, 0.15) is 54.1 Å². The predicted molar refractivity (Wildman–Crippen MR) is 80.2 cm³/mol. The molecule has 0 heterocycles. The minimum atomic E-state index is -0.0865. The fraction of sp³-hybridized carbons (Fsp3) is 0.333. The summed E-state index contributed by atoms with van der Waals surface area (Å²) in [6, 6.07) is 5.66. The first kappa shape index (κ1) is 15.0. The first-order valence-electron chi connectivity index (χ1n) is 6.69. The molecule has 1 aromatic carbocycles. The Morgan fingerprint density at radius 3 is 2.84 bits per heavy atom. The lowest BCUT2D eigenvalue weighted by molar-refractivity contribution is 0.104. The molecule has 0 N–H and O–H groups in total. The molecule has 0 amide bonds. The molecule has 1 rings (SSSR count). The highest BCUT2D eigenvalue weighted by Crippen LogP contribution is 2.14. The van der Waals surface area contributed by atoms with Gasteiger partial charge in [0.25, 0.3) is 0 Å². The van der Waals surface area contributed by atoms with Crippen LogP contribution in [0.4, 0.5) is 0 Å². The molecule has 0 saturated heterocycles.